The zero-order valence-electron chi connectivity index (χ0n) is 13.1. The Bertz CT molecular complexity index is 439. The van der Waals surface area contributed by atoms with Crippen molar-refractivity contribution in [3.63, 3.8) is 0 Å². The highest BCUT2D eigenvalue weighted by atomic mass is 31.2. The van der Waals surface area contributed by atoms with Gasteiger partial charge in [-0.05, 0) is 12.5 Å². The van der Waals surface area contributed by atoms with Gasteiger partial charge in [-0.2, -0.15) is 0 Å². The standard InChI is InChI=1S/C15H25O6P/c1-3-20-22(17,4-2)21-13-19-15(10-16)12-18-11-14-8-6-5-7-9-14/h5-9,15-16H,3-4,10-13H2,1-2H3. The first-order valence-electron chi connectivity index (χ1n) is 7.35. The number of rotatable bonds is 12. The first kappa shape index (κ1) is 19.3. The lowest BCUT2D eigenvalue weighted by molar-refractivity contribution is -0.0944. The van der Waals surface area contributed by atoms with E-state index in [-0.39, 0.29) is 26.2 Å². The second-order valence-electron chi connectivity index (χ2n) is 4.56. The SMILES string of the molecule is CCOP(=O)(CC)OCOC(CO)COCc1ccccc1. The smallest absolute Gasteiger partial charge is 0.332 e. The van der Waals surface area contributed by atoms with Gasteiger partial charge in [-0.15, -0.1) is 0 Å². The Kier molecular flexibility index (Phi) is 9.55. The first-order chi connectivity index (χ1) is 10.6. The summed E-state index contributed by atoms with van der Waals surface area (Å²) in [5, 5.41) is 9.25. The third kappa shape index (κ3) is 7.49. The Morgan fingerprint density at radius 1 is 1.18 bits per heavy atom. The predicted octanol–water partition coefficient (Wildman–Crippen LogP) is 2.80. The van der Waals surface area contributed by atoms with Gasteiger partial charge in [-0.3, -0.25) is 9.09 Å². The van der Waals surface area contributed by atoms with Crippen molar-refractivity contribution >= 4 is 7.60 Å². The Hall–Kier alpha value is -0.750. The van der Waals surface area contributed by atoms with Crippen molar-refractivity contribution in [3.05, 3.63) is 35.9 Å². The summed E-state index contributed by atoms with van der Waals surface area (Å²) in [5.41, 5.74) is 1.04. The molecule has 0 saturated heterocycles. The minimum Gasteiger partial charge on any atom is -0.394 e. The van der Waals surface area contributed by atoms with E-state index in [9.17, 15) is 9.67 Å². The molecule has 0 heterocycles. The van der Waals surface area contributed by atoms with Crippen LogP contribution in [0.25, 0.3) is 0 Å². The van der Waals surface area contributed by atoms with Crippen LogP contribution >= 0.6 is 7.60 Å². The zero-order chi connectivity index (χ0) is 16.3. The molecule has 0 spiro atoms. The van der Waals surface area contributed by atoms with Crippen LogP contribution in [0.3, 0.4) is 0 Å². The summed E-state index contributed by atoms with van der Waals surface area (Å²) in [7, 11) is -3.09. The molecule has 22 heavy (non-hydrogen) atoms. The summed E-state index contributed by atoms with van der Waals surface area (Å²) < 4.78 is 33.1. The van der Waals surface area contributed by atoms with Gasteiger partial charge in [0.15, 0.2) is 6.79 Å². The van der Waals surface area contributed by atoms with E-state index in [1.54, 1.807) is 13.8 Å². The fourth-order valence-electron chi connectivity index (χ4n) is 1.66. The quantitative estimate of drug-likeness (QED) is 0.469. The molecule has 0 aromatic heterocycles. The second kappa shape index (κ2) is 10.9. The van der Waals surface area contributed by atoms with Crippen LogP contribution in [0.2, 0.25) is 0 Å². The highest BCUT2D eigenvalue weighted by molar-refractivity contribution is 7.53. The van der Waals surface area contributed by atoms with Gasteiger partial charge >= 0.3 is 7.60 Å². The van der Waals surface area contributed by atoms with Crippen molar-refractivity contribution in [2.24, 2.45) is 0 Å². The topological polar surface area (TPSA) is 74.2 Å². The second-order valence-corrected chi connectivity index (χ2v) is 6.93. The molecule has 2 atom stereocenters. The molecule has 1 aromatic rings. The molecule has 126 valence electrons. The molecule has 0 aliphatic heterocycles. The van der Waals surface area contributed by atoms with E-state index in [1.807, 2.05) is 30.3 Å². The maximum atomic E-state index is 12.0. The highest BCUT2D eigenvalue weighted by Crippen LogP contribution is 2.47. The van der Waals surface area contributed by atoms with Crippen molar-refractivity contribution < 1.29 is 28.2 Å². The average Bonchev–Trinajstić information content (AvgIpc) is 2.54. The summed E-state index contributed by atoms with van der Waals surface area (Å²) in [6.07, 6.45) is -0.256. The average molecular weight is 332 g/mol. The third-order valence-electron chi connectivity index (χ3n) is 2.89. The third-order valence-corrected chi connectivity index (χ3v) is 4.81. The summed E-state index contributed by atoms with van der Waals surface area (Å²) >= 11 is 0. The number of benzene rings is 1. The van der Waals surface area contributed by atoms with Crippen LogP contribution in [-0.2, 0) is 29.7 Å². The molecular formula is C15H25O6P. The van der Waals surface area contributed by atoms with Gasteiger partial charge in [0.05, 0.1) is 26.4 Å². The molecule has 7 heteroatoms. The molecule has 1 aromatic carbocycles. The van der Waals surface area contributed by atoms with Gasteiger partial charge in [0.25, 0.3) is 0 Å². The van der Waals surface area contributed by atoms with Crippen LogP contribution in [0.15, 0.2) is 30.3 Å². The van der Waals surface area contributed by atoms with Crippen molar-refractivity contribution in [3.8, 4) is 0 Å². The van der Waals surface area contributed by atoms with Gasteiger partial charge in [-0.1, -0.05) is 37.3 Å². The van der Waals surface area contributed by atoms with Crippen LogP contribution < -0.4 is 0 Å². The van der Waals surface area contributed by atoms with E-state index >= 15 is 0 Å². The van der Waals surface area contributed by atoms with Crippen LogP contribution in [0, 0.1) is 0 Å². The van der Waals surface area contributed by atoms with Crippen molar-refractivity contribution in [2.45, 2.75) is 26.6 Å². The summed E-state index contributed by atoms with van der Waals surface area (Å²) in [5.74, 6) is 0. The molecule has 0 amide bonds. The van der Waals surface area contributed by atoms with Crippen LogP contribution in [0.5, 0.6) is 0 Å². The highest BCUT2D eigenvalue weighted by Gasteiger charge is 2.21. The maximum absolute atomic E-state index is 12.0. The summed E-state index contributed by atoms with van der Waals surface area (Å²) in [6.45, 7) is 4.04. The molecule has 0 bridgehead atoms. The molecule has 6 nitrogen and oxygen atoms in total. The van der Waals surface area contributed by atoms with Crippen molar-refractivity contribution in [1.29, 1.82) is 0 Å². The molecule has 1 rings (SSSR count). The van der Waals surface area contributed by atoms with Gasteiger partial charge in [0.1, 0.15) is 6.10 Å². The molecule has 1 N–H and O–H groups in total. The molecule has 0 fully saturated rings. The lowest BCUT2D eigenvalue weighted by atomic mass is 10.2. The molecule has 0 radical (unpaired) electrons. The van der Waals surface area contributed by atoms with E-state index in [2.05, 4.69) is 0 Å². The van der Waals surface area contributed by atoms with Crippen LogP contribution in [-0.4, -0.2) is 44.0 Å². The first-order valence-corrected chi connectivity index (χ1v) is 9.08. The molecule has 0 aliphatic rings. The number of hydrogen-bond acceptors (Lipinski definition) is 6. The van der Waals surface area contributed by atoms with E-state index in [4.69, 9.17) is 18.5 Å². The molecule has 0 aliphatic carbocycles. The monoisotopic (exact) mass is 332 g/mol. The maximum Gasteiger partial charge on any atom is 0.332 e. The Morgan fingerprint density at radius 3 is 2.50 bits per heavy atom. The number of hydrogen-bond donors (Lipinski definition) is 1. The van der Waals surface area contributed by atoms with Gasteiger partial charge in [0, 0.05) is 6.16 Å². The van der Waals surface area contributed by atoms with Crippen molar-refractivity contribution in [2.75, 3.05) is 32.8 Å². The number of aliphatic hydroxyl groups is 1. The van der Waals surface area contributed by atoms with E-state index in [1.165, 1.54) is 0 Å². The molecular weight excluding hydrogens is 307 g/mol. The lowest BCUT2D eigenvalue weighted by Crippen LogP contribution is -2.25. The van der Waals surface area contributed by atoms with Gasteiger partial charge in [0.2, 0.25) is 0 Å². The normalized spacial score (nSPS) is 15.4. The van der Waals surface area contributed by atoms with Crippen molar-refractivity contribution in [1.82, 2.24) is 0 Å². The lowest BCUT2D eigenvalue weighted by Gasteiger charge is -2.19. The van der Waals surface area contributed by atoms with Crippen LogP contribution in [0.1, 0.15) is 19.4 Å². The molecule has 2 unspecified atom stereocenters. The van der Waals surface area contributed by atoms with Gasteiger partial charge < -0.3 is 19.1 Å². The predicted molar refractivity (Wildman–Crippen MR) is 83.8 cm³/mol. The summed E-state index contributed by atoms with van der Waals surface area (Å²) in [6, 6.07) is 9.71. The van der Waals surface area contributed by atoms with Crippen LogP contribution in [0.4, 0.5) is 0 Å². The Morgan fingerprint density at radius 2 is 1.91 bits per heavy atom. The summed E-state index contributed by atoms with van der Waals surface area (Å²) in [4.78, 5) is 0. The van der Waals surface area contributed by atoms with E-state index < -0.39 is 13.7 Å². The minimum atomic E-state index is -3.09. The fourth-order valence-corrected chi connectivity index (χ4v) is 2.71. The minimum absolute atomic E-state index is 0.203. The zero-order valence-corrected chi connectivity index (χ0v) is 14.0. The largest absolute Gasteiger partial charge is 0.394 e. The van der Waals surface area contributed by atoms with E-state index in [0.29, 0.717) is 13.2 Å². The van der Waals surface area contributed by atoms with E-state index in [0.717, 1.165) is 5.56 Å². The van der Waals surface area contributed by atoms with Gasteiger partial charge in [-0.25, -0.2) is 0 Å². The Labute approximate surface area is 131 Å². The fraction of sp³-hybridized carbons (Fsp3) is 0.600. The number of ether oxygens (including phenoxy) is 2. The number of aliphatic hydroxyl groups excluding tert-OH is 1. The molecule has 0 saturated carbocycles. The Balaban J connectivity index is 2.26.